The van der Waals surface area contributed by atoms with Gasteiger partial charge in [-0.15, -0.1) is 11.3 Å². The van der Waals surface area contributed by atoms with Crippen LogP contribution in [0.15, 0.2) is 18.2 Å². The van der Waals surface area contributed by atoms with Crippen molar-refractivity contribution in [2.45, 2.75) is 38.6 Å². The summed E-state index contributed by atoms with van der Waals surface area (Å²) in [5.41, 5.74) is 8.71. The van der Waals surface area contributed by atoms with Crippen LogP contribution in [0.25, 0.3) is 11.0 Å². The highest BCUT2D eigenvalue weighted by molar-refractivity contribution is 7.15. The maximum atomic E-state index is 12.8. The fraction of sp³-hybridized carbons (Fsp3) is 0.450. The van der Waals surface area contributed by atoms with Gasteiger partial charge in [0.1, 0.15) is 5.52 Å². The molecule has 5 rings (SSSR count). The summed E-state index contributed by atoms with van der Waals surface area (Å²) in [5, 5.41) is 3.63. The van der Waals surface area contributed by atoms with Gasteiger partial charge in [-0.2, -0.15) is 0 Å². The molecule has 0 bridgehead atoms. The minimum atomic E-state index is -0.203. The number of hydrogen-bond donors (Lipinski definition) is 3. The molecule has 2 aliphatic rings. The monoisotopic (exact) mass is 396 g/mol. The number of rotatable bonds is 4. The molecular formula is C20H24N6OS. The van der Waals surface area contributed by atoms with E-state index in [0.29, 0.717) is 22.2 Å². The number of aromatic nitrogens is 3. The fourth-order valence-corrected chi connectivity index (χ4v) is 5.46. The van der Waals surface area contributed by atoms with E-state index < -0.39 is 0 Å². The topological polar surface area (TPSA) is 99.9 Å². The van der Waals surface area contributed by atoms with E-state index >= 15 is 0 Å². The molecule has 4 N–H and O–H groups in total. The van der Waals surface area contributed by atoms with Gasteiger partial charge in [0, 0.05) is 30.9 Å². The molecule has 1 fully saturated rings. The number of nitrogens with two attached hydrogens (primary N) is 1. The number of H-pyrrole nitrogens is 1. The van der Waals surface area contributed by atoms with E-state index in [2.05, 4.69) is 25.2 Å². The summed E-state index contributed by atoms with van der Waals surface area (Å²) in [6.07, 6.45) is 6.47. The lowest BCUT2D eigenvalue weighted by Gasteiger charge is -2.28. The SMILES string of the molecule is Nc1nc2c(C(=O)Nc3nc4c(s3)CN(CC3CCCC3)CC4)cccc2[nH]1. The molecule has 2 aromatic heterocycles. The molecule has 1 saturated carbocycles. The van der Waals surface area contributed by atoms with Gasteiger partial charge >= 0.3 is 0 Å². The van der Waals surface area contributed by atoms with Crippen LogP contribution in [0.1, 0.15) is 46.6 Å². The Morgan fingerprint density at radius 3 is 3.04 bits per heavy atom. The molecule has 0 atom stereocenters. The Morgan fingerprint density at radius 1 is 1.32 bits per heavy atom. The minimum absolute atomic E-state index is 0.203. The highest BCUT2D eigenvalue weighted by atomic mass is 32.1. The van der Waals surface area contributed by atoms with E-state index in [0.717, 1.165) is 36.6 Å². The second-order valence-corrected chi connectivity index (χ2v) is 8.89. The van der Waals surface area contributed by atoms with Gasteiger partial charge in [0.15, 0.2) is 11.1 Å². The Balaban J connectivity index is 1.30. The first-order valence-corrected chi connectivity index (χ1v) is 10.7. The number of carbonyl (C=O) groups excluding carboxylic acids is 1. The van der Waals surface area contributed by atoms with Crippen molar-refractivity contribution < 1.29 is 4.79 Å². The number of nitrogens with one attached hydrogen (secondary N) is 2. The summed E-state index contributed by atoms with van der Waals surface area (Å²) in [4.78, 5) is 28.5. The van der Waals surface area contributed by atoms with Crippen LogP contribution in [0.2, 0.25) is 0 Å². The Hall–Kier alpha value is -2.45. The fourth-order valence-electron chi connectivity index (χ4n) is 4.41. The number of aromatic amines is 1. The number of thiazole rings is 1. The number of imidazole rings is 1. The minimum Gasteiger partial charge on any atom is -0.369 e. The first kappa shape index (κ1) is 17.6. The molecule has 3 heterocycles. The van der Waals surface area contributed by atoms with E-state index in [1.54, 1.807) is 17.4 Å². The van der Waals surface area contributed by atoms with Gasteiger partial charge in [0.25, 0.3) is 5.91 Å². The molecule has 0 spiro atoms. The summed E-state index contributed by atoms with van der Waals surface area (Å²) in [6.45, 7) is 3.21. The summed E-state index contributed by atoms with van der Waals surface area (Å²) < 4.78 is 0. The first-order chi connectivity index (χ1) is 13.7. The second kappa shape index (κ2) is 7.18. The molecule has 1 aromatic carbocycles. The summed E-state index contributed by atoms with van der Waals surface area (Å²) >= 11 is 1.59. The average Bonchev–Trinajstić information content (AvgIpc) is 3.39. The lowest BCUT2D eigenvalue weighted by Crippen LogP contribution is -2.33. The van der Waals surface area contributed by atoms with Crippen LogP contribution in [0, 0.1) is 5.92 Å². The number of benzene rings is 1. The van der Waals surface area contributed by atoms with Gasteiger partial charge < -0.3 is 10.7 Å². The average molecular weight is 397 g/mol. The standard InChI is InChI=1S/C20H24N6OS/c21-19-22-15-7-3-6-13(17(15)24-19)18(27)25-20-23-14-8-9-26(11-16(14)28-20)10-12-4-1-2-5-12/h3,6-7,12H,1-2,4-5,8-11H2,(H3,21,22,24)(H,23,25,27). The van der Waals surface area contributed by atoms with Crippen LogP contribution in [0.3, 0.4) is 0 Å². The second-order valence-electron chi connectivity index (χ2n) is 7.80. The van der Waals surface area contributed by atoms with Gasteiger partial charge in [0.2, 0.25) is 0 Å². The van der Waals surface area contributed by atoms with Crippen LogP contribution >= 0.6 is 11.3 Å². The lowest BCUT2D eigenvalue weighted by molar-refractivity contribution is 0.102. The first-order valence-electron chi connectivity index (χ1n) is 9.92. The molecule has 1 aliphatic carbocycles. The van der Waals surface area contributed by atoms with Crippen LogP contribution < -0.4 is 11.1 Å². The summed E-state index contributed by atoms with van der Waals surface area (Å²) in [7, 11) is 0. The lowest BCUT2D eigenvalue weighted by atomic mass is 10.1. The quantitative estimate of drug-likeness (QED) is 0.628. The van der Waals surface area contributed by atoms with E-state index in [9.17, 15) is 4.79 Å². The predicted octanol–water partition coefficient (Wildman–Crippen LogP) is 3.40. The van der Waals surface area contributed by atoms with Gasteiger partial charge in [-0.3, -0.25) is 15.0 Å². The third kappa shape index (κ3) is 3.38. The third-order valence-corrected chi connectivity index (χ3v) is 6.80. The maximum Gasteiger partial charge on any atom is 0.259 e. The van der Waals surface area contributed by atoms with Crippen molar-refractivity contribution in [2.75, 3.05) is 24.1 Å². The van der Waals surface area contributed by atoms with E-state index in [1.165, 1.54) is 37.1 Å². The van der Waals surface area contributed by atoms with Crippen molar-refractivity contribution in [3.63, 3.8) is 0 Å². The Bertz CT molecular complexity index is 1020. The Morgan fingerprint density at radius 2 is 2.18 bits per heavy atom. The zero-order chi connectivity index (χ0) is 19.1. The largest absolute Gasteiger partial charge is 0.369 e. The van der Waals surface area contributed by atoms with Crippen LogP contribution in [-0.4, -0.2) is 38.8 Å². The summed E-state index contributed by atoms with van der Waals surface area (Å²) in [5.74, 6) is 0.962. The number of amides is 1. The predicted molar refractivity (Wildman–Crippen MR) is 112 cm³/mol. The van der Waals surface area contributed by atoms with Crippen LogP contribution in [0.5, 0.6) is 0 Å². The van der Waals surface area contributed by atoms with Crippen molar-refractivity contribution in [1.82, 2.24) is 19.9 Å². The Labute approximate surface area is 167 Å². The highest BCUT2D eigenvalue weighted by Crippen LogP contribution is 2.31. The van der Waals surface area contributed by atoms with E-state index in [-0.39, 0.29) is 5.91 Å². The number of carbonyl (C=O) groups is 1. The van der Waals surface area contributed by atoms with Crippen LogP contribution in [0.4, 0.5) is 11.1 Å². The van der Waals surface area contributed by atoms with Gasteiger partial charge in [-0.25, -0.2) is 9.97 Å². The van der Waals surface area contributed by atoms with Crippen molar-refractivity contribution in [3.05, 3.63) is 34.3 Å². The number of nitrogens with zero attached hydrogens (tertiary/aromatic N) is 3. The van der Waals surface area contributed by atoms with Crippen LogP contribution in [-0.2, 0) is 13.0 Å². The number of para-hydroxylation sites is 1. The zero-order valence-electron chi connectivity index (χ0n) is 15.7. The number of hydrogen-bond acceptors (Lipinski definition) is 6. The maximum absolute atomic E-state index is 12.8. The zero-order valence-corrected chi connectivity index (χ0v) is 16.5. The smallest absolute Gasteiger partial charge is 0.259 e. The summed E-state index contributed by atoms with van der Waals surface area (Å²) in [6, 6.07) is 5.44. The number of nitrogen functional groups attached to an aromatic ring is 1. The normalized spacial score (nSPS) is 17.9. The van der Waals surface area contributed by atoms with Crippen molar-refractivity contribution >= 4 is 39.4 Å². The molecule has 7 nitrogen and oxygen atoms in total. The molecule has 0 radical (unpaired) electrons. The molecule has 8 heteroatoms. The highest BCUT2D eigenvalue weighted by Gasteiger charge is 2.25. The molecule has 1 amide bonds. The third-order valence-electron chi connectivity index (χ3n) is 5.80. The Kier molecular flexibility index (Phi) is 4.52. The van der Waals surface area contributed by atoms with Crippen molar-refractivity contribution in [2.24, 2.45) is 5.92 Å². The number of fused-ring (bicyclic) bond motifs is 2. The molecule has 1 aliphatic heterocycles. The van der Waals surface area contributed by atoms with E-state index in [1.807, 2.05) is 12.1 Å². The molecule has 146 valence electrons. The molecule has 3 aromatic rings. The van der Waals surface area contributed by atoms with Gasteiger partial charge in [-0.05, 0) is 30.9 Å². The van der Waals surface area contributed by atoms with Gasteiger partial charge in [-0.1, -0.05) is 18.9 Å². The molecule has 0 unspecified atom stereocenters. The molecular weight excluding hydrogens is 372 g/mol. The van der Waals surface area contributed by atoms with E-state index in [4.69, 9.17) is 5.73 Å². The molecule has 28 heavy (non-hydrogen) atoms. The van der Waals surface area contributed by atoms with Crippen molar-refractivity contribution in [1.29, 1.82) is 0 Å². The van der Waals surface area contributed by atoms with Gasteiger partial charge in [0.05, 0.1) is 16.8 Å². The van der Waals surface area contributed by atoms with Crippen molar-refractivity contribution in [3.8, 4) is 0 Å². The number of anilines is 2. The molecule has 0 saturated heterocycles.